The Bertz CT molecular complexity index is 281. The monoisotopic (exact) mass is 220 g/mol. The predicted molar refractivity (Wildman–Crippen MR) is 57.4 cm³/mol. The van der Waals surface area contributed by atoms with Crippen LogP contribution in [0.4, 0.5) is 0 Å². The second-order valence-electron chi connectivity index (χ2n) is 4.77. The Hall–Kier alpha value is -0.130. The van der Waals surface area contributed by atoms with Crippen LogP contribution in [0.15, 0.2) is 0 Å². The highest BCUT2D eigenvalue weighted by atomic mass is 32.2. The first-order valence-electron chi connectivity index (χ1n) is 5.06. The third-order valence-corrected chi connectivity index (χ3v) is 4.43. The molecule has 1 rings (SSSR count). The molecule has 0 aliphatic heterocycles. The molecule has 1 fully saturated rings. The molecule has 0 radical (unpaired) electrons. The quantitative estimate of drug-likeness (QED) is 0.682. The van der Waals surface area contributed by atoms with Gasteiger partial charge in [0, 0.05) is 6.54 Å². The molecule has 4 nitrogen and oxygen atoms in total. The summed E-state index contributed by atoms with van der Waals surface area (Å²) >= 11 is 0. The Morgan fingerprint density at radius 3 is 2.43 bits per heavy atom. The van der Waals surface area contributed by atoms with Crippen molar-refractivity contribution in [2.24, 2.45) is 11.1 Å². The van der Waals surface area contributed by atoms with E-state index in [-0.39, 0.29) is 10.7 Å². The van der Waals surface area contributed by atoms with Crippen LogP contribution in [0.3, 0.4) is 0 Å². The van der Waals surface area contributed by atoms with Gasteiger partial charge < -0.3 is 5.73 Å². The van der Waals surface area contributed by atoms with Gasteiger partial charge >= 0.3 is 0 Å². The van der Waals surface area contributed by atoms with Crippen molar-refractivity contribution in [2.45, 2.75) is 38.4 Å². The van der Waals surface area contributed by atoms with Gasteiger partial charge in [-0.05, 0) is 31.2 Å². The molecule has 0 saturated heterocycles. The standard InChI is InChI=1S/C9H20N2O2S/c1-9(2,5-6-10)7-11-14(12,13)8-3-4-8/h8,11H,3-7,10H2,1-2H3. The van der Waals surface area contributed by atoms with Crippen molar-refractivity contribution in [2.75, 3.05) is 13.1 Å². The first kappa shape index (κ1) is 11.9. The molecule has 3 N–H and O–H groups in total. The Labute approximate surface area is 86.3 Å². The van der Waals surface area contributed by atoms with Crippen LogP contribution in [-0.4, -0.2) is 26.8 Å². The predicted octanol–water partition coefficient (Wildman–Crippen LogP) is 0.443. The summed E-state index contributed by atoms with van der Waals surface area (Å²) in [5.74, 6) is 0. The molecule has 1 saturated carbocycles. The number of hydrogen-bond acceptors (Lipinski definition) is 3. The van der Waals surface area contributed by atoms with Crippen LogP contribution < -0.4 is 10.5 Å². The third kappa shape index (κ3) is 3.55. The first-order valence-corrected chi connectivity index (χ1v) is 6.60. The van der Waals surface area contributed by atoms with Crippen molar-refractivity contribution in [1.82, 2.24) is 4.72 Å². The summed E-state index contributed by atoms with van der Waals surface area (Å²) in [4.78, 5) is 0. The molecule has 0 atom stereocenters. The fourth-order valence-electron chi connectivity index (χ4n) is 1.27. The van der Waals surface area contributed by atoms with Gasteiger partial charge in [0.25, 0.3) is 0 Å². The van der Waals surface area contributed by atoms with Crippen molar-refractivity contribution in [3.05, 3.63) is 0 Å². The second-order valence-corrected chi connectivity index (χ2v) is 6.81. The van der Waals surface area contributed by atoms with E-state index in [9.17, 15) is 8.42 Å². The second kappa shape index (κ2) is 4.16. The van der Waals surface area contributed by atoms with Gasteiger partial charge in [0.05, 0.1) is 5.25 Å². The fraction of sp³-hybridized carbons (Fsp3) is 1.00. The van der Waals surface area contributed by atoms with E-state index in [0.717, 1.165) is 19.3 Å². The van der Waals surface area contributed by atoms with Crippen LogP contribution in [0.5, 0.6) is 0 Å². The molecule has 84 valence electrons. The number of sulfonamides is 1. The maximum atomic E-state index is 11.5. The lowest BCUT2D eigenvalue weighted by molar-refractivity contribution is 0.340. The van der Waals surface area contributed by atoms with Crippen LogP contribution in [-0.2, 0) is 10.0 Å². The van der Waals surface area contributed by atoms with Crippen LogP contribution >= 0.6 is 0 Å². The molecular formula is C9H20N2O2S. The summed E-state index contributed by atoms with van der Waals surface area (Å²) in [6.07, 6.45) is 2.46. The van der Waals surface area contributed by atoms with Gasteiger partial charge in [0.1, 0.15) is 0 Å². The maximum absolute atomic E-state index is 11.5. The lowest BCUT2D eigenvalue weighted by Crippen LogP contribution is -2.36. The molecule has 0 unspecified atom stereocenters. The van der Waals surface area contributed by atoms with E-state index in [1.165, 1.54) is 0 Å². The Kier molecular flexibility index (Phi) is 3.55. The van der Waals surface area contributed by atoms with Gasteiger partial charge in [0.15, 0.2) is 0 Å². The third-order valence-electron chi connectivity index (χ3n) is 2.54. The number of nitrogens with one attached hydrogen (secondary N) is 1. The van der Waals surface area contributed by atoms with E-state index in [2.05, 4.69) is 4.72 Å². The van der Waals surface area contributed by atoms with Crippen LogP contribution in [0, 0.1) is 5.41 Å². The minimum Gasteiger partial charge on any atom is -0.330 e. The van der Waals surface area contributed by atoms with Crippen molar-refractivity contribution >= 4 is 10.0 Å². The molecule has 1 aliphatic carbocycles. The minimum absolute atomic E-state index is 0.0449. The summed E-state index contributed by atoms with van der Waals surface area (Å²) < 4.78 is 25.7. The SMILES string of the molecule is CC(C)(CCN)CNS(=O)(=O)C1CC1. The Morgan fingerprint density at radius 2 is 2.00 bits per heavy atom. The topological polar surface area (TPSA) is 72.2 Å². The van der Waals surface area contributed by atoms with E-state index >= 15 is 0 Å². The first-order chi connectivity index (χ1) is 6.37. The molecular weight excluding hydrogens is 200 g/mol. The molecule has 0 aromatic heterocycles. The molecule has 0 bridgehead atoms. The van der Waals surface area contributed by atoms with Gasteiger partial charge in [-0.3, -0.25) is 0 Å². The average molecular weight is 220 g/mol. The minimum atomic E-state index is -3.03. The van der Waals surface area contributed by atoms with Gasteiger partial charge in [0.2, 0.25) is 10.0 Å². The van der Waals surface area contributed by atoms with Gasteiger partial charge in [-0.2, -0.15) is 0 Å². The summed E-state index contributed by atoms with van der Waals surface area (Å²) in [6.45, 7) is 5.13. The molecule has 14 heavy (non-hydrogen) atoms. The normalized spacial score (nSPS) is 18.5. The molecule has 0 aromatic rings. The van der Waals surface area contributed by atoms with Crippen molar-refractivity contribution in [3.63, 3.8) is 0 Å². The zero-order valence-corrected chi connectivity index (χ0v) is 9.73. The molecule has 0 spiro atoms. The van der Waals surface area contributed by atoms with Gasteiger partial charge in [-0.1, -0.05) is 13.8 Å². The number of hydrogen-bond donors (Lipinski definition) is 2. The molecule has 1 aliphatic rings. The fourth-order valence-corrected chi connectivity index (χ4v) is 2.86. The van der Waals surface area contributed by atoms with Crippen molar-refractivity contribution < 1.29 is 8.42 Å². The highest BCUT2D eigenvalue weighted by Gasteiger charge is 2.36. The van der Waals surface area contributed by atoms with Crippen molar-refractivity contribution in [1.29, 1.82) is 0 Å². The summed E-state index contributed by atoms with van der Waals surface area (Å²) in [6, 6.07) is 0. The van der Waals surface area contributed by atoms with Crippen LogP contribution in [0.25, 0.3) is 0 Å². The summed E-state index contributed by atoms with van der Waals surface area (Å²) in [5, 5.41) is -0.129. The molecule has 5 heteroatoms. The van der Waals surface area contributed by atoms with Gasteiger partial charge in [-0.25, -0.2) is 13.1 Å². The highest BCUT2D eigenvalue weighted by Crippen LogP contribution is 2.28. The van der Waals surface area contributed by atoms with E-state index in [4.69, 9.17) is 5.73 Å². The van der Waals surface area contributed by atoms with E-state index < -0.39 is 10.0 Å². The summed E-state index contributed by atoms with van der Waals surface area (Å²) in [7, 11) is -3.03. The number of nitrogens with two attached hydrogens (primary N) is 1. The Balaban J connectivity index is 2.39. The lowest BCUT2D eigenvalue weighted by atomic mass is 9.90. The molecule has 0 heterocycles. The summed E-state index contributed by atoms with van der Waals surface area (Å²) in [5.41, 5.74) is 5.40. The Morgan fingerprint density at radius 1 is 1.43 bits per heavy atom. The molecule has 0 amide bonds. The van der Waals surface area contributed by atoms with Gasteiger partial charge in [-0.15, -0.1) is 0 Å². The zero-order chi connectivity index (χ0) is 10.8. The zero-order valence-electron chi connectivity index (χ0n) is 8.91. The molecule has 0 aromatic carbocycles. The van der Waals surface area contributed by atoms with Crippen molar-refractivity contribution in [3.8, 4) is 0 Å². The van der Waals surface area contributed by atoms with Crippen LogP contribution in [0.1, 0.15) is 33.1 Å². The van der Waals surface area contributed by atoms with E-state index in [0.29, 0.717) is 13.1 Å². The average Bonchev–Trinajstić information content (AvgIpc) is 2.83. The number of rotatable bonds is 6. The highest BCUT2D eigenvalue weighted by molar-refractivity contribution is 7.90. The van der Waals surface area contributed by atoms with E-state index in [1.54, 1.807) is 0 Å². The largest absolute Gasteiger partial charge is 0.330 e. The van der Waals surface area contributed by atoms with E-state index in [1.807, 2.05) is 13.8 Å². The maximum Gasteiger partial charge on any atom is 0.214 e. The van der Waals surface area contributed by atoms with Crippen LogP contribution in [0.2, 0.25) is 0 Å². The smallest absolute Gasteiger partial charge is 0.214 e. The lowest BCUT2D eigenvalue weighted by Gasteiger charge is -2.23.